The van der Waals surface area contributed by atoms with Crippen LogP contribution in [0.15, 0.2) is 53.7 Å². The number of hydrogen-bond acceptors (Lipinski definition) is 4. The molecule has 2 aromatic rings. The third kappa shape index (κ3) is 3.53. The molecule has 5 nitrogen and oxygen atoms in total. The number of hydrogen-bond donors (Lipinski definition) is 1. The molecule has 23 heavy (non-hydrogen) atoms. The monoisotopic (exact) mass is 327 g/mol. The van der Waals surface area contributed by atoms with Crippen molar-refractivity contribution in [3.05, 3.63) is 48.7 Å². The van der Waals surface area contributed by atoms with E-state index in [4.69, 9.17) is 0 Å². The minimum Gasteiger partial charge on any atom is -0.324 e. The summed E-state index contributed by atoms with van der Waals surface area (Å²) in [6.45, 7) is 1.89. The lowest BCUT2D eigenvalue weighted by Crippen LogP contribution is -2.40. The van der Waals surface area contributed by atoms with Crippen molar-refractivity contribution in [3.63, 3.8) is 0 Å². The molecule has 0 saturated heterocycles. The van der Waals surface area contributed by atoms with E-state index < -0.39 is 0 Å². The van der Waals surface area contributed by atoms with Crippen LogP contribution in [0.25, 0.3) is 0 Å². The van der Waals surface area contributed by atoms with Gasteiger partial charge in [0.1, 0.15) is 0 Å². The van der Waals surface area contributed by atoms with Gasteiger partial charge in [-0.25, -0.2) is 4.98 Å². The Labute approximate surface area is 139 Å². The molecule has 1 atom stereocenters. The van der Waals surface area contributed by atoms with Crippen LogP contribution in [0, 0.1) is 0 Å². The standard InChI is InChI=1S/C17H17N3O2S/c1-12-10-15(21)19-13-6-2-3-7-14(13)20(12)17(22)11-23-16-8-4-5-9-18-16/h2-9,12H,10-11H2,1H3,(H,19,21). The van der Waals surface area contributed by atoms with Gasteiger partial charge in [0, 0.05) is 18.7 Å². The molecule has 118 valence electrons. The second kappa shape index (κ2) is 6.83. The van der Waals surface area contributed by atoms with E-state index >= 15 is 0 Å². The first kappa shape index (κ1) is 15.6. The van der Waals surface area contributed by atoms with Crippen molar-refractivity contribution < 1.29 is 9.59 Å². The number of aromatic nitrogens is 1. The van der Waals surface area contributed by atoms with E-state index in [9.17, 15) is 9.59 Å². The van der Waals surface area contributed by atoms with E-state index in [1.54, 1.807) is 11.1 Å². The zero-order valence-electron chi connectivity index (χ0n) is 12.7. The molecule has 2 heterocycles. The second-order valence-electron chi connectivity index (χ2n) is 5.34. The normalized spacial score (nSPS) is 17.2. The molecule has 1 aliphatic rings. The summed E-state index contributed by atoms with van der Waals surface area (Å²) < 4.78 is 0. The second-order valence-corrected chi connectivity index (χ2v) is 6.33. The Morgan fingerprint density at radius 3 is 2.87 bits per heavy atom. The van der Waals surface area contributed by atoms with Gasteiger partial charge < -0.3 is 10.2 Å². The molecule has 1 aliphatic heterocycles. The third-order valence-corrected chi connectivity index (χ3v) is 4.54. The number of anilines is 2. The maximum absolute atomic E-state index is 12.7. The lowest BCUT2D eigenvalue weighted by molar-refractivity contribution is -0.117. The highest BCUT2D eigenvalue weighted by Gasteiger charge is 2.29. The van der Waals surface area contributed by atoms with Crippen LogP contribution in [0.5, 0.6) is 0 Å². The molecule has 0 fully saturated rings. The number of fused-ring (bicyclic) bond motifs is 1. The molecule has 1 aromatic carbocycles. The van der Waals surface area contributed by atoms with Crippen LogP contribution >= 0.6 is 11.8 Å². The summed E-state index contributed by atoms with van der Waals surface area (Å²) in [6.07, 6.45) is 1.99. The summed E-state index contributed by atoms with van der Waals surface area (Å²) in [7, 11) is 0. The predicted octanol–water partition coefficient (Wildman–Crippen LogP) is 2.94. The highest BCUT2D eigenvalue weighted by atomic mass is 32.2. The number of carbonyl (C=O) groups is 2. The largest absolute Gasteiger partial charge is 0.324 e. The van der Waals surface area contributed by atoms with Crippen LogP contribution in [0.4, 0.5) is 11.4 Å². The Hall–Kier alpha value is -2.34. The van der Waals surface area contributed by atoms with Gasteiger partial charge in [-0.3, -0.25) is 9.59 Å². The molecule has 2 amide bonds. The molecule has 0 aliphatic carbocycles. The fourth-order valence-corrected chi connectivity index (χ4v) is 3.33. The minimum absolute atomic E-state index is 0.0305. The summed E-state index contributed by atoms with van der Waals surface area (Å²) in [6, 6.07) is 12.8. The Morgan fingerprint density at radius 2 is 2.09 bits per heavy atom. The van der Waals surface area contributed by atoms with Gasteiger partial charge in [0.2, 0.25) is 11.8 Å². The number of pyridine rings is 1. The number of amides is 2. The van der Waals surface area contributed by atoms with Gasteiger partial charge in [-0.2, -0.15) is 0 Å². The van der Waals surface area contributed by atoms with Gasteiger partial charge in [0.25, 0.3) is 0 Å². The van der Waals surface area contributed by atoms with E-state index in [0.717, 1.165) is 10.7 Å². The van der Waals surface area contributed by atoms with E-state index in [1.165, 1.54) is 11.8 Å². The summed E-state index contributed by atoms with van der Waals surface area (Å²) >= 11 is 1.40. The van der Waals surface area contributed by atoms with Crippen LogP contribution in [-0.4, -0.2) is 28.6 Å². The lowest BCUT2D eigenvalue weighted by atomic mass is 10.2. The summed E-state index contributed by atoms with van der Waals surface area (Å²) in [5.41, 5.74) is 1.43. The third-order valence-electron chi connectivity index (χ3n) is 3.61. The molecule has 1 unspecified atom stereocenters. The fraction of sp³-hybridized carbons (Fsp3) is 0.235. The highest BCUT2D eigenvalue weighted by Crippen LogP contribution is 2.32. The number of benzene rings is 1. The fourth-order valence-electron chi connectivity index (χ4n) is 2.61. The maximum atomic E-state index is 12.7. The lowest BCUT2D eigenvalue weighted by Gasteiger charge is -2.27. The zero-order valence-corrected chi connectivity index (χ0v) is 13.5. The number of nitrogens with zero attached hydrogens (tertiary/aromatic N) is 2. The average molecular weight is 327 g/mol. The number of thioether (sulfide) groups is 1. The topological polar surface area (TPSA) is 62.3 Å². The van der Waals surface area contributed by atoms with Gasteiger partial charge in [0.15, 0.2) is 0 Å². The van der Waals surface area contributed by atoms with Crippen molar-refractivity contribution in [1.29, 1.82) is 0 Å². The number of nitrogens with one attached hydrogen (secondary N) is 1. The Kier molecular flexibility index (Phi) is 4.62. The van der Waals surface area contributed by atoms with Gasteiger partial charge in [-0.1, -0.05) is 30.0 Å². The molecule has 0 radical (unpaired) electrons. The molecule has 0 spiro atoms. The minimum atomic E-state index is -0.185. The molecule has 0 bridgehead atoms. The van der Waals surface area contributed by atoms with Crippen LogP contribution < -0.4 is 10.2 Å². The molecular formula is C17H17N3O2S. The SMILES string of the molecule is CC1CC(=O)Nc2ccccc2N1C(=O)CSc1ccccn1. The summed E-state index contributed by atoms with van der Waals surface area (Å²) in [5.74, 6) is 0.180. The van der Waals surface area contributed by atoms with Gasteiger partial charge in [-0.15, -0.1) is 0 Å². The van der Waals surface area contributed by atoms with Crippen molar-refractivity contribution in [2.45, 2.75) is 24.4 Å². The first-order valence-corrected chi connectivity index (χ1v) is 8.38. The molecule has 0 saturated carbocycles. The average Bonchev–Trinajstić information content (AvgIpc) is 2.68. The van der Waals surface area contributed by atoms with E-state index in [0.29, 0.717) is 5.69 Å². The Bertz CT molecular complexity index is 721. The smallest absolute Gasteiger partial charge is 0.237 e. The molecule has 1 N–H and O–H groups in total. The van der Waals surface area contributed by atoms with Crippen LogP contribution in [0.2, 0.25) is 0 Å². The molecule has 3 rings (SSSR count). The van der Waals surface area contributed by atoms with Crippen LogP contribution in [0.3, 0.4) is 0 Å². The number of carbonyl (C=O) groups excluding carboxylic acids is 2. The van der Waals surface area contributed by atoms with E-state index in [2.05, 4.69) is 10.3 Å². The molecular weight excluding hydrogens is 310 g/mol. The molecule has 6 heteroatoms. The number of rotatable bonds is 3. The zero-order chi connectivity index (χ0) is 16.2. The first-order valence-electron chi connectivity index (χ1n) is 7.40. The first-order chi connectivity index (χ1) is 11.1. The quantitative estimate of drug-likeness (QED) is 0.881. The van der Waals surface area contributed by atoms with Crippen molar-refractivity contribution in [1.82, 2.24) is 4.98 Å². The van der Waals surface area contributed by atoms with Gasteiger partial charge in [0.05, 0.1) is 22.2 Å². The van der Waals surface area contributed by atoms with E-state index in [-0.39, 0.29) is 30.0 Å². The van der Waals surface area contributed by atoms with Crippen molar-refractivity contribution in [2.24, 2.45) is 0 Å². The summed E-state index contributed by atoms with van der Waals surface area (Å²) in [5, 5.41) is 3.67. The van der Waals surface area contributed by atoms with Crippen LogP contribution in [0.1, 0.15) is 13.3 Å². The van der Waals surface area contributed by atoms with Crippen molar-refractivity contribution >= 4 is 35.0 Å². The van der Waals surface area contributed by atoms with E-state index in [1.807, 2.05) is 49.4 Å². The highest BCUT2D eigenvalue weighted by molar-refractivity contribution is 7.99. The maximum Gasteiger partial charge on any atom is 0.237 e. The Morgan fingerprint density at radius 1 is 1.30 bits per heavy atom. The Balaban J connectivity index is 1.82. The molecule has 1 aromatic heterocycles. The van der Waals surface area contributed by atoms with Gasteiger partial charge >= 0.3 is 0 Å². The number of para-hydroxylation sites is 2. The van der Waals surface area contributed by atoms with Gasteiger partial charge in [-0.05, 0) is 31.2 Å². The predicted molar refractivity (Wildman–Crippen MR) is 91.6 cm³/mol. The summed E-state index contributed by atoms with van der Waals surface area (Å²) in [4.78, 5) is 30.6. The van der Waals surface area contributed by atoms with Crippen LogP contribution in [-0.2, 0) is 9.59 Å². The van der Waals surface area contributed by atoms with Crippen molar-refractivity contribution in [3.8, 4) is 0 Å². The van der Waals surface area contributed by atoms with Crippen molar-refractivity contribution in [2.75, 3.05) is 16.0 Å².